The van der Waals surface area contributed by atoms with E-state index in [9.17, 15) is 0 Å². The van der Waals surface area contributed by atoms with Crippen LogP contribution in [0.5, 0.6) is 5.75 Å². The standard InChI is InChI=1S/C17H22N2O/c1-10(18)9-19-12(3)11(2)15-7-13-5-6-14(20-4)8-16(13)17(15)19/h5-6,8,10H,7,9,18H2,1-4H3/t10-/m0/s1. The molecule has 1 aliphatic carbocycles. The van der Waals surface area contributed by atoms with E-state index in [-0.39, 0.29) is 6.04 Å². The zero-order valence-corrected chi connectivity index (χ0v) is 12.7. The van der Waals surface area contributed by atoms with Crippen molar-refractivity contribution in [3.05, 3.63) is 40.6 Å². The number of ether oxygens (including phenoxy) is 1. The van der Waals surface area contributed by atoms with E-state index >= 15 is 0 Å². The minimum absolute atomic E-state index is 0.152. The third kappa shape index (κ3) is 1.85. The Balaban J connectivity index is 2.21. The fourth-order valence-electron chi connectivity index (χ4n) is 3.22. The van der Waals surface area contributed by atoms with E-state index in [1.165, 1.54) is 33.6 Å². The molecule has 1 atom stereocenters. The van der Waals surface area contributed by atoms with E-state index in [0.717, 1.165) is 18.7 Å². The third-order valence-electron chi connectivity index (χ3n) is 4.37. The largest absolute Gasteiger partial charge is 0.497 e. The van der Waals surface area contributed by atoms with Crippen LogP contribution >= 0.6 is 0 Å². The van der Waals surface area contributed by atoms with Crippen molar-refractivity contribution >= 4 is 0 Å². The van der Waals surface area contributed by atoms with Gasteiger partial charge in [-0.3, -0.25) is 0 Å². The molecule has 3 nitrogen and oxygen atoms in total. The highest BCUT2D eigenvalue weighted by Crippen LogP contribution is 2.42. The van der Waals surface area contributed by atoms with Crippen LogP contribution in [0.25, 0.3) is 11.3 Å². The number of methoxy groups -OCH3 is 1. The topological polar surface area (TPSA) is 40.2 Å². The fourth-order valence-corrected chi connectivity index (χ4v) is 3.22. The van der Waals surface area contributed by atoms with E-state index in [0.29, 0.717) is 0 Å². The van der Waals surface area contributed by atoms with Gasteiger partial charge in [-0.1, -0.05) is 6.07 Å². The Morgan fingerprint density at radius 3 is 2.75 bits per heavy atom. The molecule has 3 heteroatoms. The van der Waals surface area contributed by atoms with Crippen LogP contribution in [-0.4, -0.2) is 17.7 Å². The highest BCUT2D eigenvalue weighted by atomic mass is 16.5. The Kier molecular flexibility index (Phi) is 3.09. The Hall–Kier alpha value is -1.74. The zero-order valence-electron chi connectivity index (χ0n) is 12.7. The molecule has 2 aromatic rings. The normalized spacial score (nSPS) is 14.1. The number of hydrogen-bond acceptors (Lipinski definition) is 2. The van der Waals surface area contributed by atoms with Crippen molar-refractivity contribution in [3.63, 3.8) is 0 Å². The number of benzene rings is 1. The summed E-state index contributed by atoms with van der Waals surface area (Å²) in [4.78, 5) is 0. The Labute approximate surface area is 120 Å². The van der Waals surface area contributed by atoms with Gasteiger partial charge >= 0.3 is 0 Å². The molecule has 0 saturated carbocycles. The summed E-state index contributed by atoms with van der Waals surface area (Å²) in [6.07, 6.45) is 1.02. The number of nitrogens with two attached hydrogens (primary N) is 1. The van der Waals surface area contributed by atoms with Gasteiger partial charge in [0.15, 0.2) is 0 Å². The first-order valence-corrected chi connectivity index (χ1v) is 7.14. The molecule has 0 aliphatic heterocycles. The number of fused-ring (bicyclic) bond motifs is 3. The second-order valence-electron chi connectivity index (χ2n) is 5.83. The molecule has 0 fully saturated rings. The van der Waals surface area contributed by atoms with Crippen LogP contribution < -0.4 is 10.5 Å². The average molecular weight is 270 g/mol. The smallest absolute Gasteiger partial charge is 0.119 e. The predicted octanol–water partition coefficient (Wildman–Crippen LogP) is 3.03. The van der Waals surface area contributed by atoms with Gasteiger partial charge in [-0.25, -0.2) is 0 Å². The summed E-state index contributed by atoms with van der Waals surface area (Å²) in [6, 6.07) is 6.53. The number of nitrogens with zero attached hydrogens (tertiary/aromatic N) is 1. The minimum Gasteiger partial charge on any atom is -0.497 e. The molecule has 0 saturated heterocycles. The maximum Gasteiger partial charge on any atom is 0.119 e. The van der Waals surface area contributed by atoms with Crippen LogP contribution in [0, 0.1) is 13.8 Å². The summed E-state index contributed by atoms with van der Waals surface area (Å²) >= 11 is 0. The molecule has 1 heterocycles. The first-order chi connectivity index (χ1) is 9.52. The molecule has 0 amide bonds. The van der Waals surface area contributed by atoms with Crippen LogP contribution in [0.4, 0.5) is 0 Å². The van der Waals surface area contributed by atoms with Gasteiger partial charge in [-0.05, 0) is 49.6 Å². The molecule has 20 heavy (non-hydrogen) atoms. The van der Waals surface area contributed by atoms with Crippen LogP contribution in [0.2, 0.25) is 0 Å². The van der Waals surface area contributed by atoms with Crippen molar-refractivity contribution in [2.75, 3.05) is 7.11 Å². The fraction of sp³-hybridized carbons (Fsp3) is 0.412. The SMILES string of the molecule is COc1ccc2c(c1)-c1c(c(C)c(C)n1C[C@H](C)N)C2. The first kappa shape index (κ1) is 13.3. The van der Waals surface area contributed by atoms with E-state index < -0.39 is 0 Å². The summed E-state index contributed by atoms with van der Waals surface area (Å²) in [5, 5.41) is 0. The Morgan fingerprint density at radius 2 is 2.10 bits per heavy atom. The zero-order chi connectivity index (χ0) is 14.4. The van der Waals surface area contributed by atoms with Gasteiger partial charge in [0.05, 0.1) is 12.8 Å². The lowest BCUT2D eigenvalue weighted by atomic mass is 10.1. The van der Waals surface area contributed by atoms with Crippen molar-refractivity contribution in [3.8, 4) is 17.0 Å². The third-order valence-corrected chi connectivity index (χ3v) is 4.37. The van der Waals surface area contributed by atoms with E-state index in [2.05, 4.69) is 37.5 Å². The van der Waals surface area contributed by atoms with E-state index in [1.54, 1.807) is 7.11 Å². The summed E-state index contributed by atoms with van der Waals surface area (Å²) < 4.78 is 7.75. The predicted molar refractivity (Wildman–Crippen MR) is 82.3 cm³/mol. The molecule has 1 aliphatic rings. The number of rotatable bonds is 3. The van der Waals surface area contributed by atoms with Crippen LogP contribution in [0.15, 0.2) is 18.2 Å². The van der Waals surface area contributed by atoms with Gasteiger partial charge in [0.2, 0.25) is 0 Å². The summed E-state index contributed by atoms with van der Waals surface area (Å²) in [6.45, 7) is 7.33. The lowest BCUT2D eigenvalue weighted by molar-refractivity contribution is 0.415. The van der Waals surface area contributed by atoms with Crippen LogP contribution in [0.1, 0.15) is 29.3 Å². The lowest BCUT2D eigenvalue weighted by Crippen LogP contribution is -2.23. The summed E-state index contributed by atoms with van der Waals surface area (Å²) in [5.41, 5.74) is 14.2. The number of aromatic nitrogens is 1. The van der Waals surface area contributed by atoms with E-state index in [4.69, 9.17) is 10.5 Å². The molecule has 0 unspecified atom stereocenters. The summed E-state index contributed by atoms with van der Waals surface area (Å²) in [7, 11) is 1.72. The minimum atomic E-state index is 0.152. The van der Waals surface area contributed by atoms with Crippen molar-refractivity contribution in [2.45, 2.75) is 39.8 Å². The first-order valence-electron chi connectivity index (χ1n) is 7.14. The van der Waals surface area contributed by atoms with Gasteiger partial charge in [0.1, 0.15) is 5.75 Å². The van der Waals surface area contributed by atoms with Gasteiger partial charge in [-0.15, -0.1) is 0 Å². The molecule has 3 rings (SSSR count). The maximum atomic E-state index is 6.03. The van der Waals surface area contributed by atoms with Gasteiger partial charge in [0, 0.05) is 30.3 Å². The van der Waals surface area contributed by atoms with Crippen LogP contribution in [0.3, 0.4) is 0 Å². The molecule has 106 valence electrons. The highest BCUT2D eigenvalue weighted by molar-refractivity contribution is 5.78. The molecule has 1 aromatic carbocycles. The molecule has 1 aromatic heterocycles. The molecular weight excluding hydrogens is 248 g/mol. The Bertz CT molecular complexity index is 668. The molecule has 0 spiro atoms. The van der Waals surface area contributed by atoms with Gasteiger partial charge < -0.3 is 15.0 Å². The van der Waals surface area contributed by atoms with Crippen LogP contribution in [-0.2, 0) is 13.0 Å². The van der Waals surface area contributed by atoms with E-state index in [1.807, 2.05) is 6.07 Å². The van der Waals surface area contributed by atoms with Crippen molar-refractivity contribution < 1.29 is 4.74 Å². The van der Waals surface area contributed by atoms with Gasteiger partial charge in [-0.2, -0.15) is 0 Å². The average Bonchev–Trinajstić information content (AvgIpc) is 2.89. The molecule has 2 N–H and O–H groups in total. The van der Waals surface area contributed by atoms with Crippen molar-refractivity contribution in [1.82, 2.24) is 4.57 Å². The van der Waals surface area contributed by atoms with Crippen molar-refractivity contribution in [1.29, 1.82) is 0 Å². The second-order valence-corrected chi connectivity index (χ2v) is 5.83. The maximum absolute atomic E-state index is 6.03. The summed E-state index contributed by atoms with van der Waals surface area (Å²) in [5.74, 6) is 0.917. The molecule has 0 radical (unpaired) electrons. The number of hydrogen-bond donors (Lipinski definition) is 1. The van der Waals surface area contributed by atoms with Crippen molar-refractivity contribution in [2.24, 2.45) is 5.73 Å². The highest BCUT2D eigenvalue weighted by Gasteiger charge is 2.27. The van der Waals surface area contributed by atoms with Gasteiger partial charge in [0.25, 0.3) is 0 Å². The quantitative estimate of drug-likeness (QED) is 0.794. The molecular formula is C17H22N2O. The monoisotopic (exact) mass is 270 g/mol. The Morgan fingerprint density at radius 1 is 1.35 bits per heavy atom. The second kappa shape index (κ2) is 4.67. The lowest BCUT2D eigenvalue weighted by Gasteiger charge is -2.15. The molecule has 0 bridgehead atoms.